The highest BCUT2D eigenvalue weighted by Crippen LogP contribution is 2.21. The number of carbonyl (C=O) groups excluding carboxylic acids is 1. The van der Waals surface area contributed by atoms with Gasteiger partial charge in [0.1, 0.15) is 11.0 Å². The summed E-state index contributed by atoms with van der Waals surface area (Å²) in [7, 11) is 0. The molecule has 1 aliphatic heterocycles. The fourth-order valence-corrected chi connectivity index (χ4v) is 3.55. The molecule has 25 heavy (non-hydrogen) atoms. The van der Waals surface area contributed by atoms with Gasteiger partial charge in [-0.15, -0.1) is 5.10 Å². The highest BCUT2D eigenvalue weighted by atomic mass is 32.1. The zero-order chi connectivity index (χ0) is 17.6. The van der Waals surface area contributed by atoms with Gasteiger partial charge in [-0.3, -0.25) is 4.79 Å². The molecule has 1 amide bonds. The second-order valence-corrected chi connectivity index (χ2v) is 6.91. The molecule has 0 aromatic carbocycles. The SMILES string of the molecule is CCCc1nnsc1C(=O)N1CCCC(Oc2ncc(CC)cn2)C1. The summed E-state index contributed by atoms with van der Waals surface area (Å²) in [5, 5.41) is 4.09. The van der Waals surface area contributed by atoms with Gasteiger partial charge in [-0.2, -0.15) is 0 Å². The summed E-state index contributed by atoms with van der Waals surface area (Å²) < 4.78 is 9.84. The van der Waals surface area contributed by atoms with Gasteiger partial charge in [0.25, 0.3) is 5.91 Å². The number of hydrogen-bond donors (Lipinski definition) is 0. The van der Waals surface area contributed by atoms with Gasteiger partial charge in [0.2, 0.25) is 0 Å². The van der Waals surface area contributed by atoms with E-state index in [4.69, 9.17) is 4.74 Å². The molecule has 2 aromatic heterocycles. The molecule has 134 valence electrons. The molecule has 0 bridgehead atoms. The van der Waals surface area contributed by atoms with Crippen LogP contribution in [0, 0.1) is 0 Å². The number of piperidine rings is 1. The van der Waals surface area contributed by atoms with Crippen molar-refractivity contribution in [3.05, 3.63) is 28.5 Å². The first-order valence-electron chi connectivity index (χ1n) is 8.79. The van der Waals surface area contributed by atoms with Crippen LogP contribution in [0.4, 0.5) is 0 Å². The van der Waals surface area contributed by atoms with Gasteiger partial charge in [0.05, 0.1) is 12.2 Å². The summed E-state index contributed by atoms with van der Waals surface area (Å²) >= 11 is 1.18. The fraction of sp³-hybridized carbons (Fsp3) is 0.588. The molecule has 0 N–H and O–H groups in total. The van der Waals surface area contributed by atoms with Crippen LogP contribution in [0.1, 0.15) is 54.0 Å². The standard InChI is InChI=1S/C17H23N5O2S/c1-3-6-14-15(25-21-20-14)16(23)22-8-5-7-13(11-22)24-17-18-9-12(4-2)10-19-17/h9-10,13H,3-8,11H2,1-2H3. The third-order valence-electron chi connectivity index (χ3n) is 4.26. The molecule has 1 atom stereocenters. The van der Waals surface area contributed by atoms with Crippen LogP contribution in [0.2, 0.25) is 0 Å². The third-order valence-corrected chi connectivity index (χ3v) is 5.02. The quantitative estimate of drug-likeness (QED) is 0.786. The average molecular weight is 361 g/mol. The number of nitrogens with zero attached hydrogens (tertiary/aromatic N) is 5. The van der Waals surface area contributed by atoms with Crippen molar-refractivity contribution in [2.45, 2.75) is 52.1 Å². The highest BCUT2D eigenvalue weighted by molar-refractivity contribution is 7.08. The Hall–Kier alpha value is -2.09. The molecule has 2 aromatic rings. The summed E-state index contributed by atoms with van der Waals surface area (Å²) in [6, 6.07) is 0.377. The number of rotatable bonds is 6. The van der Waals surface area contributed by atoms with Crippen molar-refractivity contribution in [1.29, 1.82) is 0 Å². The minimum absolute atomic E-state index is 0.00833. The lowest BCUT2D eigenvalue weighted by Crippen LogP contribution is -2.44. The Balaban J connectivity index is 1.63. The Morgan fingerprint density at radius 3 is 2.88 bits per heavy atom. The lowest BCUT2D eigenvalue weighted by Gasteiger charge is -2.32. The van der Waals surface area contributed by atoms with Gasteiger partial charge in [0.15, 0.2) is 0 Å². The summed E-state index contributed by atoms with van der Waals surface area (Å²) in [4.78, 5) is 23.8. The number of hydrogen-bond acceptors (Lipinski definition) is 7. The van der Waals surface area contributed by atoms with Crippen molar-refractivity contribution >= 4 is 17.4 Å². The fourth-order valence-electron chi connectivity index (χ4n) is 2.87. The van der Waals surface area contributed by atoms with Crippen LogP contribution in [-0.4, -0.2) is 49.6 Å². The summed E-state index contributed by atoms with van der Waals surface area (Å²) in [5.41, 5.74) is 1.88. The van der Waals surface area contributed by atoms with Gasteiger partial charge < -0.3 is 9.64 Å². The van der Waals surface area contributed by atoms with Crippen LogP contribution >= 0.6 is 11.5 Å². The molecule has 8 heteroatoms. The number of aryl methyl sites for hydroxylation is 2. The molecule has 1 fully saturated rings. The first kappa shape index (κ1) is 17.7. The largest absolute Gasteiger partial charge is 0.458 e. The van der Waals surface area contributed by atoms with Crippen molar-refractivity contribution in [2.24, 2.45) is 0 Å². The van der Waals surface area contributed by atoms with E-state index in [2.05, 4.69) is 33.4 Å². The lowest BCUT2D eigenvalue weighted by atomic mass is 10.1. The van der Waals surface area contributed by atoms with Gasteiger partial charge in [-0.05, 0) is 42.8 Å². The lowest BCUT2D eigenvalue weighted by molar-refractivity contribution is 0.0518. The number of amides is 1. The molecule has 1 unspecified atom stereocenters. The topological polar surface area (TPSA) is 81.1 Å². The first-order valence-corrected chi connectivity index (χ1v) is 9.56. The van der Waals surface area contributed by atoms with Crippen molar-refractivity contribution in [3.63, 3.8) is 0 Å². The van der Waals surface area contributed by atoms with E-state index in [1.165, 1.54) is 11.5 Å². The number of likely N-dealkylation sites (tertiary alicyclic amines) is 1. The Morgan fingerprint density at radius 1 is 1.36 bits per heavy atom. The van der Waals surface area contributed by atoms with Crippen molar-refractivity contribution < 1.29 is 9.53 Å². The zero-order valence-corrected chi connectivity index (χ0v) is 15.5. The number of ether oxygens (including phenoxy) is 1. The van der Waals surface area contributed by atoms with Crippen LogP contribution in [0.3, 0.4) is 0 Å². The molecule has 0 spiro atoms. The van der Waals surface area contributed by atoms with Crippen molar-refractivity contribution in [1.82, 2.24) is 24.5 Å². The van der Waals surface area contributed by atoms with Gasteiger partial charge in [0, 0.05) is 18.9 Å². The molecular weight excluding hydrogens is 338 g/mol. The van der Waals surface area contributed by atoms with E-state index in [9.17, 15) is 4.79 Å². The Bertz CT molecular complexity index is 703. The van der Waals surface area contributed by atoms with Crippen LogP contribution in [-0.2, 0) is 12.8 Å². The Morgan fingerprint density at radius 2 is 2.16 bits per heavy atom. The maximum Gasteiger partial charge on any atom is 0.316 e. The van der Waals surface area contributed by atoms with Crippen molar-refractivity contribution in [2.75, 3.05) is 13.1 Å². The minimum Gasteiger partial charge on any atom is -0.458 e. The smallest absolute Gasteiger partial charge is 0.316 e. The van der Waals surface area contributed by atoms with E-state index in [0.29, 0.717) is 17.4 Å². The molecule has 0 saturated carbocycles. The second kappa shape index (κ2) is 8.33. The molecular formula is C17H23N5O2S. The van der Waals surface area contributed by atoms with E-state index in [-0.39, 0.29) is 12.0 Å². The number of carbonyl (C=O) groups is 1. The molecule has 1 saturated heterocycles. The summed E-state index contributed by atoms with van der Waals surface area (Å²) in [6.07, 6.45) is 7.91. The molecule has 1 aliphatic rings. The Labute approximate surface area is 151 Å². The van der Waals surface area contributed by atoms with Gasteiger partial charge in [-0.25, -0.2) is 9.97 Å². The van der Waals surface area contributed by atoms with Gasteiger partial charge >= 0.3 is 6.01 Å². The van der Waals surface area contributed by atoms with E-state index in [1.54, 1.807) is 12.4 Å². The molecule has 3 heterocycles. The van der Waals surface area contributed by atoms with Gasteiger partial charge in [-0.1, -0.05) is 24.8 Å². The monoisotopic (exact) mass is 361 g/mol. The maximum atomic E-state index is 12.8. The maximum absolute atomic E-state index is 12.8. The second-order valence-electron chi connectivity index (χ2n) is 6.16. The third kappa shape index (κ3) is 4.31. The normalized spacial score (nSPS) is 17.5. The van der Waals surface area contributed by atoms with Crippen LogP contribution in [0.5, 0.6) is 6.01 Å². The molecule has 0 radical (unpaired) electrons. The Kier molecular flexibility index (Phi) is 5.91. The van der Waals surface area contributed by atoms with Crippen molar-refractivity contribution in [3.8, 4) is 6.01 Å². The first-order chi connectivity index (χ1) is 12.2. The molecule has 0 aliphatic carbocycles. The molecule has 3 rings (SSSR count). The van der Waals surface area contributed by atoms with E-state index >= 15 is 0 Å². The van der Waals surface area contributed by atoms with E-state index < -0.39 is 0 Å². The predicted molar refractivity (Wildman–Crippen MR) is 94.9 cm³/mol. The van der Waals surface area contributed by atoms with Crippen LogP contribution < -0.4 is 4.74 Å². The minimum atomic E-state index is -0.0827. The van der Waals surface area contributed by atoms with Crippen LogP contribution in [0.15, 0.2) is 12.4 Å². The van der Waals surface area contributed by atoms with E-state index in [1.807, 2.05) is 4.90 Å². The zero-order valence-electron chi connectivity index (χ0n) is 14.6. The molecule has 7 nitrogen and oxygen atoms in total. The average Bonchev–Trinajstić information content (AvgIpc) is 3.10. The van der Waals surface area contributed by atoms with Crippen LogP contribution in [0.25, 0.3) is 0 Å². The summed E-state index contributed by atoms with van der Waals surface area (Å²) in [5.74, 6) is 0.00833. The summed E-state index contributed by atoms with van der Waals surface area (Å²) in [6.45, 7) is 5.41. The number of aromatic nitrogens is 4. The predicted octanol–water partition coefficient (Wildman–Crippen LogP) is 2.53. The van der Waals surface area contributed by atoms with E-state index in [0.717, 1.165) is 49.9 Å². The highest BCUT2D eigenvalue weighted by Gasteiger charge is 2.28.